The fourth-order valence-corrected chi connectivity index (χ4v) is 2.63. The van der Waals surface area contributed by atoms with Crippen LogP contribution in [0.15, 0.2) is 47.4 Å². The van der Waals surface area contributed by atoms with Crippen molar-refractivity contribution in [2.75, 3.05) is 12.8 Å². The van der Waals surface area contributed by atoms with Gasteiger partial charge in [0.25, 0.3) is 0 Å². The second-order valence-corrected chi connectivity index (χ2v) is 6.58. The van der Waals surface area contributed by atoms with E-state index in [4.69, 9.17) is 22.1 Å². The van der Waals surface area contributed by atoms with Gasteiger partial charge in [-0.2, -0.15) is 0 Å². The Morgan fingerprint density at radius 2 is 1.95 bits per heavy atom. The minimum atomic E-state index is -3.54. The molecule has 0 saturated heterocycles. The van der Waals surface area contributed by atoms with Gasteiger partial charge in [0.2, 0.25) is 10.0 Å². The number of ether oxygens (including phenoxy) is 1. The first-order valence-corrected chi connectivity index (χ1v) is 7.99. The van der Waals surface area contributed by atoms with Crippen LogP contribution >= 0.6 is 11.6 Å². The first-order valence-electron chi connectivity index (χ1n) is 6.13. The van der Waals surface area contributed by atoms with Crippen molar-refractivity contribution in [2.45, 2.75) is 11.5 Å². The summed E-state index contributed by atoms with van der Waals surface area (Å²) in [5.41, 5.74) is 6.95. The van der Waals surface area contributed by atoms with E-state index in [1.54, 1.807) is 6.07 Å². The fraction of sp³-hybridized carbons (Fsp3) is 0.143. The van der Waals surface area contributed by atoms with Crippen molar-refractivity contribution in [1.29, 1.82) is 0 Å². The zero-order valence-corrected chi connectivity index (χ0v) is 12.9. The van der Waals surface area contributed by atoms with Crippen LogP contribution in [0.4, 0.5) is 5.69 Å². The van der Waals surface area contributed by atoms with E-state index in [1.165, 1.54) is 25.2 Å². The molecule has 5 nitrogen and oxygen atoms in total. The Hall–Kier alpha value is -1.76. The summed E-state index contributed by atoms with van der Waals surface area (Å²) in [5.74, 6) is 0.297. The van der Waals surface area contributed by atoms with Crippen LogP contribution in [0.5, 0.6) is 5.75 Å². The summed E-state index contributed by atoms with van der Waals surface area (Å²) in [6.45, 7) is 0.201. The Balaban J connectivity index is 2.24. The predicted octanol–water partition coefficient (Wildman–Crippen LogP) is 2.41. The molecule has 0 unspecified atom stereocenters. The van der Waals surface area contributed by atoms with Crippen LogP contribution in [0.25, 0.3) is 0 Å². The molecule has 0 atom stereocenters. The molecule has 0 fully saturated rings. The van der Waals surface area contributed by atoms with Gasteiger partial charge < -0.3 is 10.5 Å². The van der Waals surface area contributed by atoms with Crippen molar-refractivity contribution in [3.05, 3.63) is 53.1 Å². The SMILES string of the molecule is CNS(=O)(=O)c1ccc(N)c(OCc2ccccc2Cl)c1. The minimum Gasteiger partial charge on any atom is -0.487 e. The minimum absolute atomic E-state index is 0.0911. The van der Waals surface area contributed by atoms with Gasteiger partial charge in [-0.1, -0.05) is 29.8 Å². The summed E-state index contributed by atoms with van der Waals surface area (Å²) in [7, 11) is -2.20. The van der Waals surface area contributed by atoms with E-state index in [-0.39, 0.29) is 11.5 Å². The largest absolute Gasteiger partial charge is 0.487 e. The highest BCUT2D eigenvalue weighted by Gasteiger charge is 2.14. The van der Waals surface area contributed by atoms with Crippen LogP contribution in [0, 0.1) is 0 Å². The molecule has 7 heteroatoms. The highest BCUT2D eigenvalue weighted by molar-refractivity contribution is 7.89. The molecule has 0 amide bonds. The topological polar surface area (TPSA) is 81.4 Å². The van der Waals surface area contributed by atoms with Crippen molar-refractivity contribution >= 4 is 27.3 Å². The molecular formula is C14H15ClN2O3S. The van der Waals surface area contributed by atoms with E-state index in [2.05, 4.69) is 4.72 Å². The number of sulfonamides is 1. The number of nitrogens with one attached hydrogen (secondary N) is 1. The number of halogens is 1. The Bertz CT molecular complexity index is 748. The van der Waals surface area contributed by atoms with Gasteiger partial charge in [-0.05, 0) is 25.2 Å². The third-order valence-electron chi connectivity index (χ3n) is 2.91. The molecule has 0 heterocycles. The van der Waals surface area contributed by atoms with E-state index in [1.807, 2.05) is 18.2 Å². The van der Waals surface area contributed by atoms with Gasteiger partial charge in [-0.3, -0.25) is 0 Å². The average Bonchev–Trinajstić information content (AvgIpc) is 2.47. The van der Waals surface area contributed by atoms with Gasteiger partial charge in [-0.15, -0.1) is 0 Å². The molecule has 2 rings (SSSR count). The second kappa shape index (κ2) is 6.34. The Kier molecular flexibility index (Phi) is 4.72. The zero-order valence-electron chi connectivity index (χ0n) is 11.3. The van der Waals surface area contributed by atoms with E-state index in [0.29, 0.717) is 16.5 Å². The number of benzene rings is 2. The van der Waals surface area contributed by atoms with Gasteiger partial charge in [0.1, 0.15) is 12.4 Å². The van der Waals surface area contributed by atoms with Gasteiger partial charge in [-0.25, -0.2) is 13.1 Å². The molecule has 0 aromatic heterocycles. The maximum absolute atomic E-state index is 11.8. The van der Waals surface area contributed by atoms with Crippen molar-refractivity contribution in [1.82, 2.24) is 4.72 Å². The van der Waals surface area contributed by atoms with Crippen LogP contribution in [0.3, 0.4) is 0 Å². The molecule has 0 aliphatic rings. The number of hydrogen-bond acceptors (Lipinski definition) is 4. The molecule has 0 aliphatic carbocycles. The first kappa shape index (κ1) is 15.6. The Morgan fingerprint density at radius 3 is 2.62 bits per heavy atom. The molecular weight excluding hydrogens is 312 g/mol. The molecule has 0 spiro atoms. The standard InChI is InChI=1S/C14H15ClN2O3S/c1-17-21(18,19)11-6-7-13(16)14(8-11)20-9-10-4-2-3-5-12(10)15/h2-8,17H,9,16H2,1H3. The monoisotopic (exact) mass is 326 g/mol. The third-order valence-corrected chi connectivity index (χ3v) is 4.69. The maximum Gasteiger partial charge on any atom is 0.240 e. The second-order valence-electron chi connectivity index (χ2n) is 4.29. The van der Waals surface area contributed by atoms with Crippen molar-refractivity contribution in [2.24, 2.45) is 0 Å². The van der Waals surface area contributed by atoms with Crippen LogP contribution < -0.4 is 15.2 Å². The average molecular weight is 327 g/mol. The number of nitrogens with two attached hydrogens (primary N) is 1. The van der Waals surface area contributed by atoms with Crippen LogP contribution in [-0.2, 0) is 16.6 Å². The van der Waals surface area contributed by atoms with Crippen LogP contribution in [0.1, 0.15) is 5.56 Å². The van der Waals surface area contributed by atoms with Gasteiger partial charge >= 0.3 is 0 Å². The van der Waals surface area contributed by atoms with Gasteiger partial charge in [0.05, 0.1) is 10.6 Å². The van der Waals surface area contributed by atoms with E-state index >= 15 is 0 Å². The molecule has 0 aliphatic heterocycles. The lowest BCUT2D eigenvalue weighted by atomic mass is 10.2. The highest BCUT2D eigenvalue weighted by atomic mass is 35.5. The summed E-state index contributed by atoms with van der Waals surface area (Å²) in [6, 6.07) is 11.5. The lowest BCUT2D eigenvalue weighted by Gasteiger charge is -2.11. The Morgan fingerprint density at radius 1 is 1.24 bits per heavy atom. The van der Waals surface area contributed by atoms with Gasteiger partial charge in [0, 0.05) is 16.7 Å². The lowest BCUT2D eigenvalue weighted by molar-refractivity contribution is 0.307. The van der Waals surface area contributed by atoms with Crippen molar-refractivity contribution in [3.63, 3.8) is 0 Å². The van der Waals surface area contributed by atoms with Crippen molar-refractivity contribution in [3.8, 4) is 5.75 Å². The number of anilines is 1. The number of hydrogen-bond donors (Lipinski definition) is 2. The summed E-state index contributed by atoms with van der Waals surface area (Å²) in [5, 5.41) is 0.579. The quantitative estimate of drug-likeness (QED) is 0.827. The summed E-state index contributed by atoms with van der Waals surface area (Å²) in [4.78, 5) is 0.0911. The molecule has 0 radical (unpaired) electrons. The van der Waals surface area contributed by atoms with E-state index in [9.17, 15) is 8.42 Å². The highest BCUT2D eigenvalue weighted by Crippen LogP contribution is 2.27. The first-order chi connectivity index (χ1) is 9.94. The zero-order chi connectivity index (χ0) is 15.5. The molecule has 3 N–H and O–H groups in total. The lowest BCUT2D eigenvalue weighted by Crippen LogP contribution is -2.18. The van der Waals surface area contributed by atoms with Crippen LogP contribution in [-0.4, -0.2) is 15.5 Å². The maximum atomic E-state index is 11.8. The Labute approximate surface area is 128 Å². The number of nitrogen functional groups attached to an aromatic ring is 1. The van der Waals surface area contributed by atoms with E-state index in [0.717, 1.165) is 5.56 Å². The predicted molar refractivity (Wildman–Crippen MR) is 82.9 cm³/mol. The van der Waals surface area contributed by atoms with Crippen LogP contribution in [0.2, 0.25) is 5.02 Å². The summed E-state index contributed by atoms with van der Waals surface area (Å²) in [6.07, 6.45) is 0. The molecule has 0 saturated carbocycles. The molecule has 2 aromatic rings. The fourth-order valence-electron chi connectivity index (χ4n) is 1.70. The smallest absolute Gasteiger partial charge is 0.240 e. The van der Waals surface area contributed by atoms with Crippen molar-refractivity contribution < 1.29 is 13.2 Å². The third kappa shape index (κ3) is 3.66. The number of rotatable bonds is 5. The molecule has 21 heavy (non-hydrogen) atoms. The normalized spacial score (nSPS) is 11.3. The molecule has 112 valence electrons. The molecule has 2 aromatic carbocycles. The molecule has 0 bridgehead atoms. The van der Waals surface area contributed by atoms with Gasteiger partial charge in [0.15, 0.2) is 0 Å². The van der Waals surface area contributed by atoms with E-state index < -0.39 is 10.0 Å². The summed E-state index contributed by atoms with van der Waals surface area (Å²) >= 11 is 6.04. The summed E-state index contributed by atoms with van der Waals surface area (Å²) < 4.78 is 31.4.